The van der Waals surface area contributed by atoms with Crippen molar-refractivity contribution in [3.05, 3.63) is 12.2 Å². The van der Waals surface area contributed by atoms with Crippen LogP contribution in [0.2, 0.25) is 0 Å². The van der Waals surface area contributed by atoms with Crippen LogP contribution in [0.3, 0.4) is 0 Å². The predicted molar refractivity (Wildman–Crippen MR) is 76.7 cm³/mol. The molecule has 2 rings (SSSR count). The van der Waals surface area contributed by atoms with Crippen molar-refractivity contribution >= 4 is 11.8 Å². The average Bonchev–Trinajstić information content (AvgIpc) is 2.84. The Kier molecular flexibility index (Phi) is 5.50. The van der Waals surface area contributed by atoms with Gasteiger partial charge in [-0.2, -0.15) is 16.9 Å². The summed E-state index contributed by atoms with van der Waals surface area (Å²) in [5, 5.41) is 8.71. The van der Waals surface area contributed by atoms with E-state index in [-0.39, 0.29) is 0 Å². The molecule has 102 valence electrons. The number of aromatic nitrogens is 3. The highest BCUT2D eigenvalue weighted by Crippen LogP contribution is 2.27. The molecule has 2 atom stereocenters. The van der Waals surface area contributed by atoms with Crippen LogP contribution in [0.5, 0.6) is 0 Å². The molecule has 0 amide bonds. The maximum atomic E-state index is 4.35. The van der Waals surface area contributed by atoms with Crippen LogP contribution in [-0.4, -0.2) is 32.3 Å². The van der Waals surface area contributed by atoms with Crippen molar-refractivity contribution in [1.29, 1.82) is 0 Å². The summed E-state index contributed by atoms with van der Waals surface area (Å²) >= 11 is 2.00. The maximum absolute atomic E-state index is 4.35. The number of hydrogen-bond donors (Lipinski definition) is 1. The molecule has 1 fully saturated rings. The quantitative estimate of drug-likeness (QED) is 0.860. The third-order valence-corrected chi connectivity index (χ3v) is 4.83. The number of nitrogens with zero attached hydrogens (tertiary/aromatic N) is 3. The molecule has 18 heavy (non-hydrogen) atoms. The first-order valence-corrected chi connectivity index (χ1v) is 8.26. The first kappa shape index (κ1) is 13.9. The van der Waals surface area contributed by atoms with Crippen molar-refractivity contribution < 1.29 is 0 Å². The summed E-state index contributed by atoms with van der Waals surface area (Å²) in [5.41, 5.74) is 0. The van der Waals surface area contributed by atoms with Gasteiger partial charge in [-0.05, 0) is 25.5 Å². The van der Waals surface area contributed by atoms with Gasteiger partial charge in [-0.25, -0.2) is 9.67 Å². The fraction of sp³-hybridized carbons (Fsp3) is 0.846. The van der Waals surface area contributed by atoms with E-state index in [2.05, 4.69) is 28.6 Å². The summed E-state index contributed by atoms with van der Waals surface area (Å²) in [4.78, 5) is 4.35. The van der Waals surface area contributed by atoms with Crippen LogP contribution in [-0.2, 0) is 13.1 Å². The Balaban J connectivity index is 1.87. The Morgan fingerprint density at radius 3 is 3.06 bits per heavy atom. The minimum Gasteiger partial charge on any atom is -0.306 e. The number of hydrogen-bond acceptors (Lipinski definition) is 4. The van der Waals surface area contributed by atoms with Crippen molar-refractivity contribution in [1.82, 2.24) is 20.1 Å². The van der Waals surface area contributed by atoms with E-state index < -0.39 is 0 Å². The Labute approximate surface area is 114 Å². The van der Waals surface area contributed by atoms with Crippen molar-refractivity contribution in [2.24, 2.45) is 0 Å². The molecule has 1 saturated carbocycles. The van der Waals surface area contributed by atoms with Gasteiger partial charge < -0.3 is 5.32 Å². The molecule has 1 N–H and O–H groups in total. The summed E-state index contributed by atoms with van der Waals surface area (Å²) in [6.07, 6.45) is 10.4. The van der Waals surface area contributed by atoms with E-state index in [1.165, 1.54) is 25.7 Å². The van der Waals surface area contributed by atoms with E-state index in [9.17, 15) is 0 Å². The van der Waals surface area contributed by atoms with Gasteiger partial charge in [0.2, 0.25) is 0 Å². The zero-order chi connectivity index (χ0) is 12.8. The zero-order valence-corrected chi connectivity index (χ0v) is 12.2. The van der Waals surface area contributed by atoms with E-state index in [4.69, 9.17) is 0 Å². The summed E-state index contributed by atoms with van der Waals surface area (Å²) < 4.78 is 2.02. The lowest BCUT2D eigenvalue weighted by atomic mass is 9.95. The van der Waals surface area contributed by atoms with Crippen LogP contribution in [0.1, 0.15) is 44.9 Å². The average molecular weight is 268 g/mol. The van der Waals surface area contributed by atoms with Gasteiger partial charge >= 0.3 is 0 Å². The normalized spacial score (nSPS) is 24.3. The molecule has 0 saturated heterocycles. The molecule has 1 heterocycles. The Morgan fingerprint density at radius 2 is 2.28 bits per heavy atom. The lowest BCUT2D eigenvalue weighted by molar-refractivity contribution is 0.375. The van der Waals surface area contributed by atoms with E-state index >= 15 is 0 Å². The van der Waals surface area contributed by atoms with Gasteiger partial charge in [-0.1, -0.05) is 19.8 Å². The first-order chi connectivity index (χ1) is 8.85. The van der Waals surface area contributed by atoms with Crippen molar-refractivity contribution in [2.45, 2.75) is 63.4 Å². The first-order valence-electron chi connectivity index (χ1n) is 6.98. The second kappa shape index (κ2) is 7.14. The standard InChI is InChI=1S/C13H24N4S/c1-3-8-17-13(15-10-16-17)9-14-11-6-4-5-7-12(11)18-2/h10-12,14H,3-9H2,1-2H3. The van der Waals surface area contributed by atoms with Crippen LogP contribution < -0.4 is 5.32 Å². The van der Waals surface area contributed by atoms with Crippen molar-refractivity contribution in [2.75, 3.05) is 6.26 Å². The molecule has 0 spiro atoms. The van der Waals surface area contributed by atoms with Crippen molar-refractivity contribution in [3.63, 3.8) is 0 Å². The number of rotatable bonds is 6. The lowest BCUT2D eigenvalue weighted by Crippen LogP contribution is -2.40. The number of aryl methyl sites for hydroxylation is 1. The Morgan fingerprint density at radius 1 is 1.44 bits per heavy atom. The summed E-state index contributed by atoms with van der Waals surface area (Å²) in [6.45, 7) is 3.99. The molecule has 2 unspecified atom stereocenters. The molecule has 1 aromatic heterocycles. The Hall–Kier alpha value is -0.550. The molecular weight excluding hydrogens is 244 g/mol. The maximum Gasteiger partial charge on any atom is 0.140 e. The molecule has 1 aliphatic rings. The SMILES string of the molecule is CCCn1ncnc1CNC1CCCCC1SC. The highest BCUT2D eigenvalue weighted by Gasteiger charge is 2.24. The second-order valence-corrected chi connectivity index (χ2v) is 6.02. The molecule has 0 aromatic carbocycles. The molecule has 5 heteroatoms. The van der Waals surface area contributed by atoms with Gasteiger partial charge in [0.15, 0.2) is 0 Å². The van der Waals surface area contributed by atoms with E-state index in [1.54, 1.807) is 6.33 Å². The molecule has 0 aliphatic heterocycles. The topological polar surface area (TPSA) is 42.7 Å². The third kappa shape index (κ3) is 3.48. The lowest BCUT2D eigenvalue weighted by Gasteiger charge is -2.31. The molecule has 4 nitrogen and oxygen atoms in total. The van der Waals surface area contributed by atoms with Crippen LogP contribution in [0.25, 0.3) is 0 Å². The molecule has 0 radical (unpaired) electrons. The zero-order valence-electron chi connectivity index (χ0n) is 11.4. The summed E-state index contributed by atoms with van der Waals surface area (Å²) in [5.74, 6) is 1.07. The fourth-order valence-corrected chi connectivity index (χ4v) is 3.62. The molecule has 1 aromatic rings. The summed E-state index contributed by atoms with van der Waals surface area (Å²) in [6, 6.07) is 0.639. The van der Waals surface area contributed by atoms with E-state index in [0.29, 0.717) is 6.04 Å². The van der Waals surface area contributed by atoms with E-state index in [0.717, 1.165) is 30.6 Å². The second-order valence-electron chi connectivity index (χ2n) is 4.95. The van der Waals surface area contributed by atoms with Gasteiger partial charge in [0, 0.05) is 17.8 Å². The van der Waals surface area contributed by atoms with Gasteiger partial charge in [0.05, 0.1) is 6.54 Å². The number of nitrogens with one attached hydrogen (secondary N) is 1. The monoisotopic (exact) mass is 268 g/mol. The van der Waals surface area contributed by atoms with Crippen LogP contribution in [0.4, 0.5) is 0 Å². The molecule has 1 aliphatic carbocycles. The Bertz CT molecular complexity index is 353. The largest absolute Gasteiger partial charge is 0.306 e. The van der Waals surface area contributed by atoms with Gasteiger partial charge in [-0.3, -0.25) is 0 Å². The van der Waals surface area contributed by atoms with E-state index in [1.807, 2.05) is 16.4 Å². The minimum atomic E-state index is 0.639. The molecule has 0 bridgehead atoms. The van der Waals surface area contributed by atoms with Crippen LogP contribution in [0, 0.1) is 0 Å². The third-order valence-electron chi connectivity index (χ3n) is 3.66. The van der Waals surface area contributed by atoms with Crippen LogP contribution >= 0.6 is 11.8 Å². The van der Waals surface area contributed by atoms with Gasteiger partial charge in [0.1, 0.15) is 12.2 Å². The number of thioether (sulfide) groups is 1. The van der Waals surface area contributed by atoms with Gasteiger partial charge in [0.25, 0.3) is 0 Å². The molecular formula is C13H24N4S. The highest BCUT2D eigenvalue weighted by molar-refractivity contribution is 7.99. The van der Waals surface area contributed by atoms with Crippen molar-refractivity contribution in [3.8, 4) is 0 Å². The fourth-order valence-electron chi connectivity index (χ4n) is 2.66. The predicted octanol–water partition coefficient (Wildman–Crippen LogP) is 2.45. The smallest absolute Gasteiger partial charge is 0.140 e. The van der Waals surface area contributed by atoms with Gasteiger partial charge in [-0.15, -0.1) is 0 Å². The summed E-state index contributed by atoms with van der Waals surface area (Å²) in [7, 11) is 0. The highest BCUT2D eigenvalue weighted by atomic mass is 32.2. The minimum absolute atomic E-state index is 0.639. The van der Waals surface area contributed by atoms with Crippen LogP contribution in [0.15, 0.2) is 6.33 Å².